The van der Waals surface area contributed by atoms with Crippen LogP contribution in [0.2, 0.25) is 5.02 Å². The molecule has 1 atom stereocenters. The lowest BCUT2D eigenvalue weighted by Crippen LogP contribution is -2.30. The zero-order chi connectivity index (χ0) is 22.0. The van der Waals surface area contributed by atoms with Crippen molar-refractivity contribution >= 4 is 17.5 Å². The van der Waals surface area contributed by atoms with E-state index in [2.05, 4.69) is 0 Å². The normalized spacial score (nSPS) is 18.1. The van der Waals surface area contributed by atoms with Crippen LogP contribution in [0.15, 0.2) is 30.3 Å². The van der Waals surface area contributed by atoms with Crippen LogP contribution in [0.3, 0.4) is 0 Å². The summed E-state index contributed by atoms with van der Waals surface area (Å²) < 4.78 is 22.8. The summed E-state index contributed by atoms with van der Waals surface area (Å²) in [6.07, 6.45) is 2.63. The van der Waals surface area contributed by atoms with Crippen molar-refractivity contribution in [2.45, 2.75) is 45.3 Å². The molecule has 0 aliphatic carbocycles. The van der Waals surface area contributed by atoms with Gasteiger partial charge in [-0.2, -0.15) is 0 Å². The first-order chi connectivity index (χ1) is 15.0. The van der Waals surface area contributed by atoms with E-state index in [1.165, 1.54) is 0 Å². The molecule has 2 aromatic carbocycles. The number of methoxy groups -OCH3 is 1. The van der Waals surface area contributed by atoms with Crippen LogP contribution in [-0.2, 0) is 0 Å². The van der Waals surface area contributed by atoms with E-state index in [0.717, 1.165) is 36.3 Å². The summed E-state index contributed by atoms with van der Waals surface area (Å²) in [4.78, 5) is 15.3. The molecule has 0 saturated carbocycles. The topological polar surface area (TPSA) is 57.2 Å². The number of amides is 1. The molecule has 2 aliphatic rings. The van der Waals surface area contributed by atoms with Crippen LogP contribution in [0, 0.1) is 0 Å². The molecule has 2 aliphatic heterocycles. The second kappa shape index (κ2) is 9.27. The highest BCUT2D eigenvalue weighted by Gasteiger charge is 2.32. The van der Waals surface area contributed by atoms with E-state index in [9.17, 15) is 4.79 Å². The molecule has 1 unspecified atom stereocenters. The molecule has 7 heteroatoms. The third kappa shape index (κ3) is 4.54. The summed E-state index contributed by atoms with van der Waals surface area (Å²) in [6, 6.07) is 9.31. The zero-order valence-electron chi connectivity index (χ0n) is 18.2. The molecule has 1 saturated heterocycles. The van der Waals surface area contributed by atoms with Crippen LogP contribution in [0.5, 0.6) is 23.0 Å². The molecule has 0 aromatic heterocycles. The number of ether oxygens (including phenoxy) is 4. The number of hydrogen-bond donors (Lipinski definition) is 0. The molecular formula is C24H28ClNO5. The summed E-state index contributed by atoms with van der Waals surface area (Å²) in [5, 5.41) is 0.364. The Morgan fingerprint density at radius 2 is 1.90 bits per heavy atom. The van der Waals surface area contributed by atoms with Gasteiger partial charge in [0, 0.05) is 18.5 Å². The molecule has 0 bridgehead atoms. The number of nitrogens with zero attached hydrogens (tertiary/aromatic N) is 1. The van der Waals surface area contributed by atoms with Gasteiger partial charge in [0.05, 0.1) is 37.5 Å². The molecule has 2 heterocycles. The summed E-state index contributed by atoms with van der Waals surface area (Å²) in [5.41, 5.74) is 1.53. The number of fused-ring (bicyclic) bond motifs is 1. The minimum atomic E-state index is -0.0779. The smallest absolute Gasteiger partial charge is 0.254 e. The fraction of sp³-hybridized carbons (Fsp3) is 0.458. The lowest BCUT2D eigenvalue weighted by Gasteiger charge is -2.26. The number of carbonyl (C=O) groups excluding carboxylic acids is 1. The number of carbonyl (C=O) groups is 1. The maximum atomic E-state index is 13.4. The van der Waals surface area contributed by atoms with Gasteiger partial charge in [0.15, 0.2) is 23.0 Å². The first-order valence-corrected chi connectivity index (χ1v) is 11.1. The maximum absolute atomic E-state index is 13.4. The molecular weight excluding hydrogens is 418 g/mol. The predicted molar refractivity (Wildman–Crippen MR) is 119 cm³/mol. The van der Waals surface area contributed by atoms with Gasteiger partial charge < -0.3 is 23.8 Å². The number of rotatable bonds is 5. The summed E-state index contributed by atoms with van der Waals surface area (Å²) in [7, 11) is 1.55. The Bertz CT molecular complexity index is 961. The van der Waals surface area contributed by atoms with Crippen molar-refractivity contribution in [3.05, 3.63) is 46.5 Å². The van der Waals surface area contributed by atoms with Gasteiger partial charge >= 0.3 is 0 Å². The second-order valence-corrected chi connectivity index (χ2v) is 8.48. The van der Waals surface area contributed by atoms with Gasteiger partial charge in [-0.05, 0) is 56.5 Å². The standard InChI is InChI=1S/C24H28ClNO5/c1-15(2)31-23-18(25)12-17(14-22(23)28-3)24(27)26-9-4-6-19(26)16-7-8-20-21(13-16)30-11-5-10-29-20/h7-8,12-15,19H,4-6,9-11H2,1-3H3. The molecule has 4 rings (SSSR count). The Kier molecular flexibility index (Phi) is 6.46. The first-order valence-electron chi connectivity index (χ1n) is 10.7. The van der Waals surface area contributed by atoms with Gasteiger partial charge in [-0.1, -0.05) is 17.7 Å². The Hall–Kier alpha value is -2.60. The van der Waals surface area contributed by atoms with Gasteiger partial charge in [0.1, 0.15) is 0 Å². The molecule has 1 fully saturated rings. The van der Waals surface area contributed by atoms with Gasteiger partial charge in [0.25, 0.3) is 5.91 Å². The van der Waals surface area contributed by atoms with Crippen LogP contribution in [0.4, 0.5) is 0 Å². The Morgan fingerprint density at radius 1 is 1.13 bits per heavy atom. The Labute approximate surface area is 188 Å². The maximum Gasteiger partial charge on any atom is 0.254 e. The molecule has 31 heavy (non-hydrogen) atoms. The first kappa shape index (κ1) is 21.6. The third-order valence-corrected chi connectivity index (χ3v) is 5.78. The summed E-state index contributed by atoms with van der Waals surface area (Å²) >= 11 is 6.45. The van der Waals surface area contributed by atoms with Crippen LogP contribution >= 0.6 is 11.6 Å². The number of benzene rings is 2. The molecule has 2 aromatic rings. The minimum absolute atomic E-state index is 0.0268. The Morgan fingerprint density at radius 3 is 2.65 bits per heavy atom. The van der Waals surface area contributed by atoms with Crippen LogP contribution in [0.25, 0.3) is 0 Å². The van der Waals surface area contributed by atoms with Crippen molar-refractivity contribution in [2.24, 2.45) is 0 Å². The average molecular weight is 446 g/mol. The highest BCUT2D eigenvalue weighted by atomic mass is 35.5. The highest BCUT2D eigenvalue weighted by molar-refractivity contribution is 6.32. The number of likely N-dealkylation sites (tertiary alicyclic amines) is 1. The molecule has 0 N–H and O–H groups in total. The summed E-state index contributed by atoms with van der Waals surface area (Å²) in [5.74, 6) is 2.34. The van der Waals surface area contributed by atoms with Crippen molar-refractivity contribution in [1.29, 1.82) is 0 Å². The fourth-order valence-electron chi connectivity index (χ4n) is 4.10. The van der Waals surface area contributed by atoms with E-state index in [4.69, 9.17) is 30.5 Å². The quantitative estimate of drug-likeness (QED) is 0.627. The van der Waals surface area contributed by atoms with E-state index in [0.29, 0.717) is 41.8 Å². The third-order valence-electron chi connectivity index (χ3n) is 5.50. The lowest BCUT2D eigenvalue weighted by atomic mass is 10.0. The average Bonchev–Trinajstić information content (AvgIpc) is 3.12. The van der Waals surface area contributed by atoms with Crippen molar-refractivity contribution in [3.63, 3.8) is 0 Å². The molecule has 0 spiro atoms. The summed E-state index contributed by atoms with van der Waals surface area (Å²) in [6.45, 7) is 5.80. The highest BCUT2D eigenvalue weighted by Crippen LogP contribution is 2.41. The van der Waals surface area contributed by atoms with Crippen LogP contribution in [-0.4, -0.2) is 43.8 Å². The van der Waals surface area contributed by atoms with Gasteiger partial charge in [-0.3, -0.25) is 4.79 Å². The lowest BCUT2D eigenvalue weighted by molar-refractivity contribution is 0.0735. The van der Waals surface area contributed by atoms with E-state index in [1.54, 1.807) is 19.2 Å². The zero-order valence-corrected chi connectivity index (χ0v) is 18.9. The van der Waals surface area contributed by atoms with E-state index < -0.39 is 0 Å². The molecule has 0 radical (unpaired) electrons. The SMILES string of the molecule is COc1cc(C(=O)N2CCCC2c2ccc3c(c2)OCCCO3)cc(Cl)c1OC(C)C. The van der Waals surface area contributed by atoms with Gasteiger partial charge in [-0.15, -0.1) is 0 Å². The van der Waals surface area contributed by atoms with Gasteiger partial charge in [-0.25, -0.2) is 0 Å². The van der Waals surface area contributed by atoms with Crippen LogP contribution < -0.4 is 18.9 Å². The predicted octanol–water partition coefficient (Wildman–Crippen LogP) is 5.27. The Balaban J connectivity index is 1.61. The van der Waals surface area contributed by atoms with E-state index >= 15 is 0 Å². The van der Waals surface area contributed by atoms with E-state index in [-0.39, 0.29) is 18.1 Å². The van der Waals surface area contributed by atoms with Gasteiger partial charge in [0.2, 0.25) is 0 Å². The van der Waals surface area contributed by atoms with Crippen molar-refractivity contribution in [2.75, 3.05) is 26.9 Å². The van der Waals surface area contributed by atoms with Crippen molar-refractivity contribution in [1.82, 2.24) is 4.90 Å². The van der Waals surface area contributed by atoms with E-state index in [1.807, 2.05) is 36.9 Å². The second-order valence-electron chi connectivity index (χ2n) is 8.07. The van der Waals surface area contributed by atoms with Crippen molar-refractivity contribution < 1.29 is 23.7 Å². The monoisotopic (exact) mass is 445 g/mol. The minimum Gasteiger partial charge on any atom is -0.493 e. The van der Waals surface area contributed by atoms with Crippen molar-refractivity contribution in [3.8, 4) is 23.0 Å². The fourth-order valence-corrected chi connectivity index (χ4v) is 4.36. The number of halogens is 1. The van der Waals surface area contributed by atoms with Crippen LogP contribution in [0.1, 0.15) is 55.1 Å². The molecule has 6 nitrogen and oxygen atoms in total. The molecule has 166 valence electrons. The number of hydrogen-bond acceptors (Lipinski definition) is 5. The largest absolute Gasteiger partial charge is 0.493 e. The molecule has 1 amide bonds.